The highest BCUT2D eigenvalue weighted by atomic mass is 32.2. The number of carbonyl (C=O) groups excluding carboxylic acids is 2. The Kier molecular flexibility index (Phi) is 10.6. The van der Waals surface area contributed by atoms with Crippen LogP contribution >= 0.6 is 0 Å². The lowest BCUT2D eigenvalue weighted by molar-refractivity contribution is -0.133. The maximum atomic E-state index is 13.2. The molecule has 1 aliphatic carbocycles. The van der Waals surface area contributed by atoms with Crippen molar-refractivity contribution in [2.75, 3.05) is 32.4 Å². The Balaban J connectivity index is 1.29. The van der Waals surface area contributed by atoms with Crippen LogP contribution in [-0.2, 0) is 25.8 Å². The van der Waals surface area contributed by atoms with Crippen molar-refractivity contribution in [2.45, 2.75) is 68.8 Å². The Morgan fingerprint density at radius 2 is 1.70 bits per heavy atom. The zero-order valence-electron chi connectivity index (χ0n) is 23.8. The van der Waals surface area contributed by atoms with Gasteiger partial charge >= 0.3 is 0 Å². The number of nitrogens with one attached hydrogen (secondary N) is 1. The summed E-state index contributed by atoms with van der Waals surface area (Å²) in [5.41, 5.74) is 1.97. The van der Waals surface area contributed by atoms with Gasteiger partial charge in [-0.25, -0.2) is 8.42 Å². The molecule has 2 aromatic rings. The molecule has 8 heteroatoms. The van der Waals surface area contributed by atoms with E-state index in [4.69, 9.17) is 0 Å². The second-order valence-electron chi connectivity index (χ2n) is 11.1. The van der Waals surface area contributed by atoms with Crippen LogP contribution in [0.3, 0.4) is 0 Å². The van der Waals surface area contributed by atoms with Crippen LogP contribution in [0.5, 0.6) is 0 Å². The molecule has 1 fully saturated rings. The van der Waals surface area contributed by atoms with Crippen molar-refractivity contribution < 1.29 is 18.0 Å². The van der Waals surface area contributed by atoms with Crippen LogP contribution in [0.2, 0.25) is 0 Å². The first-order valence-electron chi connectivity index (χ1n) is 14.6. The van der Waals surface area contributed by atoms with Crippen LogP contribution < -0.4 is 5.32 Å². The molecule has 2 atom stereocenters. The first-order chi connectivity index (χ1) is 19.2. The predicted molar refractivity (Wildman–Crippen MR) is 159 cm³/mol. The Hall–Kier alpha value is -2.97. The average Bonchev–Trinajstić information content (AvgIpc) is 2.97. The molecule has 2 amide bonds. The van der Waals surface area contributed by atoms with Gasteiger partial charge in [-0.3, -0.25) is 9.59 Å². The van der Waals surface area contributed by atoms with Gasteiger partial charge in [-0.15, -0.1) is 0 Å². The molecule has 0 bridgehead atoms. The van der Waals surface area contributed by atoms with Crippen LogP contribution in [0, 0.1) is 5.92 Å². The van der Waals surface area contributed by atoms with Gasteiger partial charge in [0.05, 0.1) is 17.4 Å². The molecule has 1 aliphatic heterocycles. The maximum Gasteiger partial charge on any atom is 0.227 e. The number of likely N-dealkylation sites (tertiary alicyclic amines) is 1. The first kappa shape index (κ1) is 30.0. The fourth-order valence-corrected chi connectivity index (χ4v) is 6.49. The molecule has 0 aromatic heterocycles. The number of hydrogen-bond acceptors (Lipinski definition) is 5. The molecular formula is C32H43N3O4S. The van der Waals surface area contributed by atoms with Crippen LogP contribution in [0.15, 0.2) is 71.6 Å². The fourth-order valence-electron chi connectivity index (χ4n) is 5.86. The van der Waals surface area contributed by atoms with Gasteiger partial charge in [-0.05, 0) is 68.7 Å². The second kappa shape index (κ2) is 14.1. The van der Waals surface area contributed by atoms with E-state index in [0.29, 0.717) is 6.54 Å². The van der Waals surface area contributed by atoms with E-state index in [9.17, 15) is 18.0 Å². The van der Waals surface area contributed by atoms with E-state index in [1.165, 1.54) is 6.26 Å². The molecule has 216 valence electrons. The summed E-state index contributed by atoms with van der Waals surface area (Å²) < 4.78 is 23.4. The highest BCUT2D eigenvalue weighted by Crippen LogP contribution is 2.24. The van der Waals surface area contributed by atoms with Crippen molar-refractivity contribution >= 4 is 21.7 Å². The molecule has 2 aliphatic rings. The lowest BCUT2D eigenvalue weighted by Gasteiger charge is -2.38. The number of nitrogens with zero attached hydrogens (tertiary/aromatic N) is 2. The van der Waals surface area contributed by atoms with Gasteiger partial charge in [0.2, 0.25) is 11.8 Å². The van der Waals surface area contributed by atoms with Crippen LogP contribution in [0.1, 0.15) is 62.6 Å². The summed E-state index contributed by atoms with van der Waals surface area (Å²) in [5.74, 6) is 0.291. The number of piperidine rings is 1. The number of hydrogen-bond donors (Lipinski definition) is 1. The van der Waals surface area contributed by atoms with Gasteiger partial charge in [-0.1, -0.05) is 54.6 Å². The zero-order chi connectivity index (χ0) is 28.5. The molecule has 0 spiro atoms. The number of sulfone groups is 1. The van der Waals surface area contributed by atoms with Gasteiger partial charge < -0.3 is 15.1 Å². The third-order valence-electron chi connectivity index (χ3n) is 8.26. The summed E-state index contributed by atoms with van der Waals surface area (Å²) in [6.07, 6.45) is 11.1. The smallest absolute Gasteiger partial charge is 0.227 e. The molecule has 4 rings (SSSR count). The van der Waals surface area contributed by atoms with Crippen LogP contribution in [0.4, 0.5) is 0 Å². The minimum atomic E-state index is -3.25. The fraction of sp³-hybridized carbons (Fsp3) is 0.500. The number of amides is 2. The molecular weight excluding hydrogens is 522 g/mol. The standard InChI is InChI=1S/C32H43N3O4S/c1-3-35(31(36)24-25-14-16-29(17-15-25)40(2,38)39)28-18-21-34(22-19-28)23-20-30(26-10-6-4-7-11-26)33-32(37)27-12-8-5-9-13-27/h4-8,10-11,14-17,27-28,30H,3,9,12-13,18-24H2,1-2H3,(H,33,37). The number of allylic oxidation sites excluding steroid dienone is 2. The Morgan fingerprint density at radius 1 is 1.00 bits per heavy atom. The third kappa shape index (κ3) is 8.27. The maximum absolute atomic E-state index is 13.2. The van der Waals surface area contributed by atoms with E-state index in [0.717, 1.165) is 69.3 Å². The average molecular weight is 566 g/mol. The highest BCUT2D eigenvalue weighted by Gasteiger charge is 2.28. The summed E-state index contributed by atoms with van der Waals surface area (Å²) in [7, 11) is -3.25. The van der Waals surface area contributed by atoms with Crippen LogP contribution in [0.25, 0.3) is 0 Å². The predicted octanol–water partition coefficient (Wildman–Crippen LogP) is 4.55. The monoisotopic (exact) mass is 565 g/mol. The summed E-state index contributed by atoms with van der Waals surface area (Å²) in [6.45, 7) is 5.40. The molecule has 0 saturated carbocycles. The van der Waals surface area contributed by atoms with Gasteiger partial charge in [0.1, 0.15) is 0 Å². The number of likely N-dealkylation sites (N-methyl/N-ethyl adjacent to an activating group) is 1. The van der Waals surface area contributed by atoms with Gasteiger partial charge in [0, 0.05) is 44.4 Å². The van der Waals surface area contributed by atoms with E-state index in [-0.39, 0.29) is 41.1 Å². The van der Waals surface area contributed by atoms with E-state index >= 15 is 0 Å². The minimum Gasteiger partial charge on any atom is -0.349 e. The Morgan fingerprint density at radius 3 is 2.30 bits per heavy atom. The summed E-state index contributed by atoms with van der Waals surface area (Å²) >= 11 is 0. The summed E-state index contributed by atoms with van der Waals surface area (Å²) in [5, 5.41) is 3.34. The highest BCUT2D eigenvalue weighted by molar-refractivity contribution is 7.90. The molecule has 2 aromatic carbocycles. The second-order valence-corrected chi connectivity index (χ2v) is 13.1. The van der Waals surface area contributed by atoms with Crippen molar-refractivity contribution in [1.29, 1.82) is 0 Å². The molecule has 7 nitrogen and oxygen atoms in total. The van der Waals surface area contributed by atoms with Crippen molar-refractivity contribution in [3.63, 3.8) is 0 Å². The quantitative estimate of drug-likeness (QED) is 0.404. The summed E-state index contributed by atoms with van der Waals surface area (Å²) in [4.78, 5) is 30.9. The van der Waals surface area contributed by atoms with Crippen molar-refractivity contribution in [3.8, 4) is 0 Å². The number of rotatable bonds is 11. The van der Waals surface area contributed by atoms with Crippen molar-refractivity contribution in [2.24, 2.45) is 5.92 Å². The van der Waals surface area contributed by atoms with E-state index in [1.807, 2.05) is 30.0 Å². The molecule has 1 heterocycles. The van der Waals surface area contributed by atoms with Gasteiger partial charge in [0.15, 0.2) is 9.84 Å². The lowest BCUT2D eigenvalue weighted by atomic mass is 9.92. The number of carbonyl (C=O) groups is 2. The topological polar surface area (TPSA) is 86.8 Å². The third-order valence-corrected chi connectivity index (χ3v) is 9.39. The number of benzene rings is 2. The van der Waals surface area contributed by atoms with E-state index < -0.39 is 9.84 Å². The minimum absolute atomic E-state index is 0.0138. The van der Waals surface area contributed by atoms with Crippen molar-refractivity contribution in [3.05, 3.63) is 77.9 Å². The van der Waals surface area contributed by atoms with Crippen LogP contribution in [-0.4, -0.2) is 68.5 Å². The largest absolute Gasteiger partial charge is 0.349 e. The van der Waals surface area contributed by atoms with Crippen molar-refractivity contribution in [1.82, 2.24) is 15.1 Å². The molecule has 2 unspecified atom stereocenters. The molecule has 40 heavy (non-hydrogen) atoms. The Bertz CT molecular complexity index is 1250. The molecule has 0 radical (unpaired) electrons. The van der Waals surface area contributed by atoms with E-state index in [1.54, 1.807) is 24.3 Å². The Labute approximate surface area is 239 Å². The lowest BCUT2D eigenvalue weighted by Crippen LogP contribution is -2.48. The summed E-state index contributed by atoms with van der Waals surface area (Å²) in [6, 6.07) is 17.1. The SMILES string of the molecule is CCN(C(=O)Cc1ccc(S(C)(=O)=O)cc1)C1CCN(CCC(NC(=O)C2CC=CCC2)c2ccccc2)CC1. The normalized spacial score (nSPS) is 19.2. The first-order valence-corrected chi connectivity index (χ1v) is 16.4. The van der Waals surface area contributed by atoms with E-state index in [2.05, 4.69) is 34.5 Å². The van der Waals surface area contributed by atoms with Gasteiger partial charge in [-0.2, -0.15) is 0 Å². The molecule has 1 N–H and O–H groups in total. The van der Waals surface area contributed by atoms with Gasteiger partial charge in [0.25, 0.3) is 0 Å². The molecule has 1 saturated heterocycles. The zero-order valence-corrected chi connectivity index (χ0v) is 24.6.